The number of amides is 2. The molecule has 1 aromatic carbocycles. The van der Waals surface area contributed by atoms with Crippen LogP contribution in [-0.4, -0.2) is 18.9 Å². The zero-order valence-electron chi connectivity index (χ0n) is 13.0. The molecule has 1 aliphatic rings. The number of thiophene rings is 1. The highest BCUT2D eigenvalue weighted by molar-refractivity contribution is 7.10. The van der Waals surface area contributed by atoms with Gasteiger partial charge in [0.05, 0.1) is 19.1 Å². The van der Waals surface area contributed by atoms with Gasteiger partial charge in [0.2, 0.25) is 11.8 Å². The van der Waals surface area contributed by atoms with Crippen molar-refractivity contribution in [1.29, 1.82) is 0 Å². The molecule has 0 spiro atoms. The van der Waals surface area contributed by atoms with E-state index in [4.69, 9.17) is 4.84 Å². The van der Waals surface area contributed by atoms with Crippen LogP contribution in [0.15, 0.2) is 41.8 Å². The molecule has 6 heteroatoms. The fraction of sp³-hybridized carbons (Fsp3) is 0.294. The van der Waals surface area contributed by atoms with Crippen molar-refractivity contribution in [2.45, 2.75) is 19.4 Å². The number of hydrogen-bond acceptors (Lipinski definition) is 4. The van der Waals surface area contributed by atoms with Gasteiger partial charge in [0.25, 0.3) is 0 Å². The molecule has 120 valence electrons. The minimum atomic E-state index is -0.470. The Bertz CT molecular complexity index is 697. The monoisotopic (exact) mass is 330 g/mol. The van der Waals surface area contributed by atoms with Crippen molar-refractivity contribution in [3.8, 4) is 0 Å². The fourth-order valence-corrected chi connectivity index (χ4v) is 3.82. The highest BCUT2D eigenvalue weighted by atomic mass is 32.1. The van der Waals surface area contributed by atoms with Crippen LogP contribution in [0.4, 0.5) is 5.69 Å². The number of hydrogen-bond donors (Lipinski definition) is 1. The molecule has 2 amide bonds. The second-order valence-corrected chi connectivity index (χ2v) is 6.52. The van der Waals surface area contributed by atoms with Crippen molar-refractivity contribution in [2.24, 2.45) is 5.92 Å². The number of nitrogens with one attached hydrogen (secondary N) is 1. The molecule has 2 aromatic rings. The molecule has 0 unspecified atom stereocenters. The van der Waals surface area contributed by atoms with Gasteiger partial charge in [-0.1, -0.05) is 23.8 Å². The summed E-state index contributed by atoms with van der Waals surface area (Å²) in [7, 11) is 1.40. The molecule has 23 heavy (non-hydrogen) atoms. The Hall–Kier alpha value is -2.18. The number of carbonyl (C=O) groups excluding carboxylic acids is 2. The molecule has 3 rings (SSSR count). The van der Waals surface area contributed by atoms with Crippen LogP contribution >= 0.6 is 11.3 Å². The van der Waals surface area contributed by atoms with Crippen molar-refractivity contribution >= 4 is 28.8 Å². The van der Waals surface area contributed by atoms with Gasteiger partial charge in [-0.05, 0) is 30.5 Å². The number of nitrogens with zero attached hydrogens (tertiary/aromatic N) is 1. The van der Waals surface area contributed by atoms with Gasteiger partial charge in [0.1, 0.15) is 0 Å². The second kappa shape index (κ2) is 6.52. The van der Waals surface area contributed by atoms with Crippen LogP contribution in [0.1, 0.15) is 22.9 Å². The summed E-state index contributed by atoms with van der Waals surface area (Å²) in [5, 5.41) is 1.96. The first-order chi connectivity index (χ1) is 11.1. The number of carbonyl (C=O) groups is 2. The van der Waals surface area contributed by atoms with Crippen molar-refractivity contribution < 1.29 is 14.4 Å². The van der Waals surface area contributed by atoms with Crippen molar-refractivity contribution in [1.82, 2.24) is 5.48 Å². The molecule has 0 aliphatic carbocycles. The third-order valence-corrected chi connectivity index (χ3v) is 4.95. The van der Waals surface area contributed by atoms with Crippen LogP contribution in [0.3, 0.4) is 0 Å². The van der Waals surface area contributed by atoms with Crippen molar-refractivity contribution in [3.63, 3.8) is 0 Å². The van der Waals surface area contributed by atoms with E-state index in [1.165, 1.54) is 7.11 Å². The highest BCUT2D eigenvalue weighted by Crippen LogP contribution is 2.42. The third kappa shape index (κ3) is 3.00. The average molecular weight is 330 g/mol. The number of aryl methyl sites for hydroxylation is 1. The first kappa shape index (κ1) is 15.7. The van der Waals surface area contributed by atoms with E-state index in [-0.39, 0.29) is 24.3 Å². The zero-order valence-corrected chi connectivity index (χ0v) is 13.8. The van der Waals surface area contributed by atoms with Gasteiger partial charge < -0.3 is 4.90 Å². The van der Waals surface area contributed by atoms with Crippen LogP contribution in [0.2, 0.25) is 0 Å². The molecular weight excluding hydrogens is 312 g/mol. The first-order valence-electron chi connectivity index (χ1n) is 7.37. The maximum Gasteiger partial charge on any atom is 0.249 e. The standard InChI is InChI=1S/C17H18N2O3S/c1-11-5-7-12(8-6-11)19-15(20)10-13(17(21)18-22-2)16(19)14-4-3-9-23-14/h3-9,13,16H,10H2,1-2H3,(H,18,21)/t13-,16-/m1/s1. The van der Waals surface area contributed by atoms with Crippen LogP contribution in [0, 0.1) is 12.8 Å². The lowest BCUT2D eigenvalue weighted by Gasteiger charge is -2.27. The number of hydroxylamine groups is 1. The third-order valence-electron chi connectivity index (χ3n) is 4.01. The Morgan fingerprint density at radius 2 is 2.04 bits per heavy atom. The summed E-state index contributed by atoms with van der Waals surface area (Å²) in [6, 6.07) is 11.4. The summed E-state index contributed by atoms with van der Waals surface area (Å²) in [6.45, 7) is 2.00. The van der Waals surface area contributed by atoms with Gasteiger partial charge in [0.15, 0.2) is 0 Å². The van der Waals surface area contributed by atoms with E-state index in [0.717, 1.165) is 16.1 Å². The van der Waals surface area contributed by atoms with Crippen molar-refractivity contribution in [2.75, 3.05) is 12.0 Å². The van der Waals surface area contributed by atoms with E-state index < -0.39 is 5.92 Å². The minimum absolute atomic E-state index is 0.0523. The van der Waals surface area contributed by atoms with Gasteiger partial charge >= 0.3 is 0 Å². The van der Waals surface area contributed by atoms with E-state index in [1.54, 1.807) is 16.2 Å². The normalized spacial score (nSPS) is 20.8. The summed E-state index contributed by atoms with van der Waals surface area (Å²) in [5.74, 6) is -0.792. The molecule has 1 aromatic heterocycles. The maximum atomic E-state index is 12.6. The predicted octanol–water partition coefficient (Wildman–Crippen LogP) is 2.83. The lowest BCUT2D eigenvalue weighted by atomic mass is 9.98. The molecule has 2 atom stereocenters. The minimum Gasteiger partial charge on any atom is -0.303 e. The molecule has 2 heterocycles. The lowest BCUT2D eigenvalue weighted by Crippen LogP contribution is -2.34. The second-order valence-electron chi connectivity index (χ2n) is 5.54. The molecule has 5 nitrogen and oxygen atoms in total. The lowest BCUT2D eigenvalue weighted by molar-refractivity contribution is -0.136. The summed E-state index contributed by atoms with van der Waals surface area (Å²) in [4.78, 5) is 32.4. The van der Waals surface area contributed by atoms with E-state index in [2.05, 4.69) is 5.48 Å². The Balaban J connectivity index is 2.01. The van der Waals surface area contributed by atoms with E-state index in [9.17, 15) is 9.59 Å². The molecular formula is C17H18N2O3S. The largest absolute Gasteiger partial charge is 0.303 e. The molecule has 0 saturated carbocycles. The van der Waals surface area contributed by atoms with Gasteiger partial charge in [-0.25, -0.2) is 5.48 Å². The van der Waals surface area contributed by atoms with Gasteiger partial charge in [-0.2, -0.15) is 0 Å². The summed E-state index contributed by atoms with van der Waals surface area (Å²) >= 11 is 1.55. The topological polar surface area (TPSA) is 58.6 Å². The van der Waals surface area contributed by atoms with E-state index in [0.29, 0.717) is 0 Å². The predicted molar refractivity (Wildman–Crippen MR) is 89.0 cm³/mol. The molecule has 0 radical (unpaired) electrons. The Morgan fingerprint density at radius 1 is 1.30 bits per heavy atom. The van der Waals surface area contributed by atoms with E-state index >= 15 is 0 Å². The number of anilines is 1. The van der Waals surface area contributed by atoms with E-state index in [1.807, 2.05) is 48.7 Å². The number of benzene rings is 1. The number of rotatable bonds is 4. The van der Waals surface area contributed by atoms with Crippen LogP contribution in [0.5, 0.6) is 0 Å². The first-order valence-corrected chi connectivity index (χ1v) is 8.24. The molecule has 1 fully saturated rings. The summed E-state index contributed by atoms with van der Waals surface area (Å²) in [6.07, 6.45) is 0.172. The van der Waals surface area contributed by atoms with Gasteiger partial charge in [-0.15, -0.1) is 11.3 Å². The fourth-order valence-electron chi connectivity index (χ4n) is 2.94. The maximum absolute atomic E-state index is 12.6. The Morgan fingerprint density at radius 3 is 2.65 bits per heavy atom. The highest BCUT2D eigenvalue weighted by Gasteiger charge is 2.45. The van der Waals surface area contributed by atoms with Crippen LogP contribution < -0.4 is 10.4 Å². The van der Waals surface area contributed by atoms with Gasteiger partial charge in [-0.3, -0.25) is 14.4 Å². The molecule has 1 aliphatic heterocycles. The van der Waals surface area contributed by atoms with Crippen molar-refractivity contribution in [3.05, 3.63) is 52.2 Å². The smallest absolute Gasteiger partial charge is 0.249 e. The SMILES string of the molecule is CONC(=O)[C@@H]1CC(=O)N(c2ccc(C)cc2)[C@H]1c1cccs1. The molecule has 1 N–H and O–H groups in total. The zero-order chi connectivity index (χ0) is 16.4. The van der Waals surface area contributed by atoms with Crippen LogP contribution in [-0.2, 0) is 14.4 Å². The Labute approximate surface area is 138 Å². The molecule has 1 saturated heterocycles. The van der Waals surface area contributed by atoms with Gasteiger partial charge in [0, 0.05) is 17.0 Å². The van der Waals surface area contributed by atoms with Crippen LogP contribution in [0.25, 0.3) is 0 Å². The quantitative estimate of drug-likeness (QED) is 0.877. The Kier molecular flexibility index (Phi) is 4.45. The summed E-state index contributed by atoms with van der Waals surface area (Å²) in [5.41, 5.74) is 4.31. The summed E-state index contributed by atoms with van der Waals surface area (Å²) < 4.78 is 0. The molecule has 0 bridgehead atoms. The average Bonchev–Trinajstić information content (AvgIpc) is 3.16.